The van der Waals surface area contributed by atoms with Gasteiger partial charge in [0.2, 0.25) is 11.2 Å². The Bertz CT molecular complexity index is 1100. The summed E-state index contributed by atoms with van der Waals surface area (Å²) in [5, 5.41) is 1.79. The van der Waals surface area contributed by atoms with E-state index in [9.17, 15) is 0 Å². The number of aryl methyl sites for hydroxylation is 1. The number of methoxy groups -OCH3 is 2. The van der Waals surface area contributed by atoms with E-state index in [1.807, 2.05) is 25.2 Å². The smallest absolute Gasteiger partial charge is 0.232 e. The molecule has 0 amide bonds. The fraction of sp³-hybridized carbons (Fsp3) is 0.174. The van der Waals surface area contributed by atoms with E-state index in [0.717, 1.165) is 28.6 Å². The lowest BCUT2D eigenvalue weighted by atomic mass is 10.0. The van der Waals surface area contributed by atoms with Gasteiger partial charge in [-0.2, -0.15) is 4.57 Å². The molecule has 2 aromatic rings. The second-order valence-corrected chi connectivity index (χ2v) is 7.02. The number of fused-ring (bicyclic) bond motifs is 3. The standard InChI is InChI=1S/C23H21ClNO2.ClH/c1-25-20-10-9-16(11-15-7-5-4-6-8-15)12-17(20)18-13-21(26-2)22(27-3)14-19(24)23(18)25;/h4-10,12-14H,11H2,1-3H3;1H/q+1;/p-1. The van der Waals surface area contributed by atoms with Crippen LogP contribution in [0, 0.1) is 0 Å². The van der Waals surface area contributed by atoms with Crippen LogP contribution in [-0.4, -0.2) is 14.2 Å². The first-order valence-corrected chi connectivity index (χ1v) is 9.20. The third-order valence-electron chi connectivity index (χ3n) is 5.00. The van der Waals surface area contributed by atoms with Crippen molar-refractivity contribution in [2.75, 3.05) is 14.2 Å². The van der Waals surface area contributed by atoms with Crippen molar-refractivity contribution >= 4 is 22.5 Å². The Kier molecular flexibility index (Phi) is 5.97. The van der Waals surface area contributed by atoms with E-state index in [2.05, 4.69) is 47.0 Å². The number of ether oxygens (including phenoxy) is 2. The fourth-order valence-electron chi connectivity index (χ4n) is 3.67. The SMILES string of the molecule is COc1cc(Cl)c2[n+](C)c3ccc(Cc4ccccc4)cc3c-2cc1OC.[Cl-]. The van der Waals surface area contributed by atoms with E-state index >= 15 is 0 Å². The monoisotopic (exact) mass is 413 g/mol. The molecule has 4 rings (SSSR count). The fourth-order valence-corrected chi connectivity index (χ4v) is 4.00. The van der Waals surface area contributed by atoms with Crippen molar-refractivity contribution in [3.8, 4) is 22.8 Å². The van der Waals surface area contributed by atoms with Gasteiger partial charge in [-0.15, -0.1) is 0 Å². The maximum atomic E-state index is 6.64. The summed E-state index contributed by atoms with van der Waals surface area (Å²) in [7, 11) is 5.30. The summed E-state index contributed by atoms with van der Waals surface area (Å²) in [6.07, 6.45) is 0.889. The van der Waals surface area contributed by atoms with Crippen LogP contribution in [0.5, 0.6) is 11.5 Å². The minimum absolute atomic E-state index is 0. The maximum absolute atomic E-state index is 6.64. The molecule has 0 bridgehead atoms. The summed E-state index contributed by atoms with van der Waals surface area (Å²) in [5.41, 5.74) is 5.70. The molecule has 0 fully saturated rings. The second kappa shape index (κ2) is 8.26. The van der Waals surface area contributed by atoms with Gasteiger partial charge in [0.15, 0.2) is 11.5 Å². The molecule has 144 valence electrons. The molecular formula is C23H21Cl2NO2. The van der Waals surface area contributed by atoms with E-state index in [1.54, 1.807) is 14.2 Å². The van der Waals surface area contributed by atoms with E-state index < -0.39 is 0 Å². The van der Waals surface area contributed by atoms with Crippen molar-refractivity contribution < 1.29 is 26.4 Å². The Morgan fingerprint density at radius 3 is 2.21 bits per heavy atom. The summed E-state index contributed by atoms with van der Waals surface area (Å²) < 4.78 is 13.1. The van der Waals surface area contributed by atoms with Crippen LogP contribution >= 0.6 is 11.6 Å². The molecule has 28 heavy (non-hydrogen) atoms. The quantitative estimate of drug-likeness (QED) is 0.477. The summed E-state index contributed by atoms with van der Waals surface area (Å²) in [5.74, 6) is 1.28. The van der Waals surface area contributed by atoms with Gasteiger partial charge in [-0.05, 0) is 29.7 Å². The molecule has 3 nitrogen and oxygen atoms in total. The first-order valence-electron chi connectivity index (χ1n) is 8.82. The van der Waals surface area contributed by atoms with Crippen molar-refractivity contribution in [2.45, 2.75) is 6.42 Å². The third-order valence-corrected chi connectivity index (χ3v) is 5.28. The van der Waals surface area contributed by atoms with Gasteiger partial charge in [0.25, 0.3) is 0 Å². The molecule has 0 saturated carbocycles. The molecule has 0 radical (unpaired) electrons. The predicted molar refractivity (Wildman–Crippen MR) is 109 cm³/mol. The lowest BCUT2D eigenvalue weighted by Crippen LogP contribution is -3.00. The zero-order chi connectivity index (χ0) is 19.0. The van der Waals surface area contributed by atoms with Crippen LogP contribution in [0.25, 0.3) is 22.2 Å². The molecule has 1 aliphatic carbocycles. The zero-order valence-corrected chi connectivity index (χ0v) is 17.5. The summed E-state index contributed by atoms with van der Waals surface area (Å²) in [6, 6.07) is 20.9. The van der Waals surface area contributed by atoms with Crippen molar-refractivity contribution in [3.63, 3.8) is 0 Å². The Balaban J connectivity index is 0.00000225. The molecular weight excluding hydrogens is 393 g/mol. The first-order chi connectivity index (χ1) is 13.1. The molecule has 1 aliphatic heterocycles. The highest BCUT2D eigenvalue weighted by atomic mass is 35.5. The van der Waals surface area contributed by atoms with Crippen LogP contribution in [0.15, 0.2) is 60.7 Å². The maximum Gasteiger partial charge on any atom is 0.232 e. The lowest BCUT2D eigenvalue weighted by Gasteiger charge is -2.03. The Labute approximate surface area is 176 Å². The highest BCUT2D eigenvalue weighted by molar-refractivity contribution is 6.33. The van der Waals surface area contributed by atoms with Gasteiger partial charge in [0, 0.05) is 12.1 Å². The third kappa shape index (κ3) is 3.48. The highest BCUT2D eigenvalue weighted by Crippen LogP contribution is 2.40. The predicted octanol–water partition coefficient (Wildman–Crippen LogP) is 2.03. The van der Waals surface area contributed by atoms with Crippen LogP contribution in [0.3, 0.4) is 0 Å². The molecule has 2 aliphatic rings. The molecule has 0 aromatic heterocycles. The van der Waals surface area contributed by atoms with Gasteiger partial charge in [-0.3, -0.25) is 0 Å². The number of halogens is 2. The Hall–Kier alpha value is -2.49. The first kappa shape index (κ1) is 20.2. The number of hydrogen-bond acceptors (Lipinski definition) is 2. The molecule has 1 heterocycles. The summed E-state index contributed by atoms with van der Waals surface area (Å²) in [4.78, 5) is 0. The Morgan fingerprint density at radius 1 is 0.857 bits per heavy atom. The Morgan fingerprint density at radius 2 is 1.54 bits per heavy atom. The zero-order valence-electron chi connectivity index (χ0n) is 16.0. The molecule has 0 atom stereocenters. The number of hydrogen-bond donors (Lipinski definition) is 0. The summed E-state index contributed by atoms with van der Waals surface area (Å²) in [6.45, 7) is 0. The number of nitrogens with zero attached hydrogens (tertiary/aromatic N) is 1. The van der Waals surface area contributed by atoms with Crippen LogP contribution in [0.1, 0.15) is 11.1 Å². The van der Waals surface area contributed by atoms with Gasteiger partial charge < -0.3 is 21.9 Å². The minimum atomic E-state index is 0. The van der Waals surface area contributed by atoms with Gasteiger partial charge in [-0.1, -0.05) is 48.0 Å². The van der Waals surface area contributed by atoms with Crippen molar-refractivity contribution in [1.29, 1.82) is 0 Å². The van der Waals surface area contributed by atoms with Crippen molar-refractivity contribution in [1.82, 2.24) is 0 Å². The molecule has 0 spiro atoms. The minimum Gasteiger partial charge on any atom is -1.00 e. The van der Waals surface area contributed by atoms with Crippen LogP contribution in [0.4, 0.5) is 0 Å². The van der Waals surface area contributed by atoms with Crippen LogP contribution in [0.2, 0.25) is 5.02 Å². The van der Waals surface area contributed by atoms with E-state index in [0.29, 0.717) is 16.5 Å². The van der Waals surface area contributed by atoms with Gasteiger partial charge >= 0.3 is 0 Å². The van der Waals surface area contributed by atoms with Crippen LogP contribution in [-0.2, 0) is 13.5 Å². The highest BCUT2D eigenvalue weighted by Gasteiger charge is 2.27. The largest absolute Gasteiger partial charge is 1.00 e. The average molecular weight is 414 g/mol. The molecule has 0 unspecified atom stereocenters. The molecule has 2 aromatic carbocycles. The van der Waals surface area contributed by atoms with Gasteiger partial charge in [0.1, 0.15) is 12.1 Å². The van der Waals surface area contributed by atoms with E-state index in [-0.39, 0.29) is 12.4 Å². The number of benzene rings is 2. The number of rotatable bonds is 4. The van der Waals surface area contributed by atoms with E-state index in [4.69, 9.17) is 21.1 Å². The van der Waals surface area contributed by atoms with Crippen molar-refractivity contribution in [3.05, 3.63) is 76.8 Å². The van der Waals surface area contributed by atoms with Crippen molar-refractivity contribution in [2.24, 2.45) is 7.05 Å². The lowest BCUT2D eigenvalue weighted by molar-refractivity contribution is -0.631. The number of aromatic nitrogens is 1. The molecule has 0 saturated heterocycles. The van der Waals surface area contributed by atoms with Gasteiger partial charge in [-0.25, -0.2) is 0 Å². The second-order valence-electron chi connectivity index (χ2n) is 6.61. The van der Waals surface area contributed by atoms with E-state index in [1.165, 1.54) is 11.1 Å². The van der Waals surface area contributed by atoms with Crippen LogP contribution < -0.4 is 26.4 Å². The average Bonchev–Trinajstić information content (AvgIpc) is 2.86. The summed E-state index contributed by atoms with van der Waals surface area (Å²) >= 11 is 6.64. The normalized spacial score (nSPS) is 10.7. The topological polar surface area (TPSA) is 22.3 Å². The molecule has 5 heteroatoms. The molecule has 0 N–H and O–H groups in total. The van der Waals surface area contributed by atoms with Gasteiger partial charge in [0.05, 0.1) is 25.2 Å².